The molecule has 0 radical (unpaired) electrons. The minimum atomic E-state index is -0.0323. The number of fused-ring (bicyclic) bond motifs is 1. The summed E-state index contributed by atoms with van der Waals surface area (Å²) in [6, 6.07) is 9.89. The van der Waals surface area contributed by atoms with E-state index in [9.17, 15) is 4.79 Å². The lowest BCUT2D eigenvalue weighted by Crippen LogP contribution is -2.15. The second kappa shape index (κ2) is 6.42. The van der Waals surface area contributed by atoms with Crippen molar-refractivity contribution in [2.45, 2.75) is 18.7 Å². The molecule has 0 spiro atoms. The number of carbonyl (C=O) groups excluding carboxylic acids is 1. The highest BCUT2D eigenvalue weighted by molar-refractivity contribution is 8.00. The van der Waals surface area contributed by atoms with Crippen molar-refractivity contribution >= 4 is 34.3 Å². The lowest BCUT2D eigenvalue weighted by atomic mass is 10.2. The van der Waals surface area contributed by atoms with Crippen LogP contribution in [0.2, 0.25) is 0 Å². The van der Waals surface area contributed by atoms with Gasteiger partial charge in [0.05, 0.1) is 28.3 Å². The summed E-state index contributed by atoms with van der Waals surface area (Å²) in [4.78, 5) is 17.6. The molecular weight excluding hydrogens is 308 g/mol. The summed E-state index contributed by atoms with van der Waals surface area (Å²) in [6.07, 6.45) is 1.78. The third-order valence-corrected chi connectivity index (χ3v) is 4.81. The Morgan fingerprint density at radius 3 is 2.78 bits per heavy atom. The third kappa shape index (κ3) is 3.22. The maximum Gasteiger partial charge on any atom is 0.234 e. The fourth-order valence-corrected chi connectivity index (χ4v) is 3.31. The average Bonchev–Trinajstić information content (AvgIpc) is 2.79. The number of benzene rings is 1. The molecule has 0 aliphatic carbocycles. The molecule has 118 valence electrons. The van der Waals surface area contributed by atoms with E-state index in [4.69, 9.17) is 0 Å². The van der Waals surface area contributed by atoms with Crippen molar-refractivity contribution in [2.75, 3.05) is 11.1 Å². The van der Waals surface area contributed by atoms with Crippen LogP contribution in [0.25, 0.3) is 10.9 Å². The topological polar surface area (TPSA) is 59.8 Å². The molecule has 3 rings (SSSR count). The van der Waals surface area contributed by atoms with Gasteiger partial charge in [0.2, 0.25) is 5.91 Å². The molecule has 1 aromatic carbocycles. The molecule has 0 bridgehead atoms. The zero-order valence-electron chi connectivity index (χ0n) is 13.3. The largest absolute Gasteiger partial charge is 0.322 e. The number of carbonyl (C=O) groups is 1. The second-order valence-electron chi connectivity index (χ2n) is 5.33. The Balaban J connectivity index is 1.71. The van der Waals surface area contributed by atoms with Gasteiger partial charge in [-0.25, -0.2) is 0 Å². The molecule has 2 heterocycles. The van der Waals surface area contributed by atoms with Crippen LogP contribution in [0.1, 0.15) is 11.4 Å². The summed E-state index contributed by atoms with van der Waals surface area (Å²) >= 11 is 1.52. The molecule has 1 N–H and O–H groups in total. The molecular formula is C17H18N4OS. The zero-order chi connectivity index (χ0) is 16.4. The minimum absolute atomic E-state index is 0.0323. The van der Waals surface area contributed by atoms with E-state index in [0.29, 0.717) is 5.75 Å². The summed E-state index contributed by atoms with van der Waals surface area (Å²) in [6.45, 7) is 3.84. The van der Waals surface area contributed by atoms with Crippen molar-refractivity contribution in [2.24, 2.45) is 7.05 Å². The van der Waals surface area contributed by atoms with Gasteiger partial charge in [0.1, 0.15) is 0 Å². The first-order chi connectivity index (χ1) is 11.1. The monoisotopic (exact) mass is 326 g/mol. The van der Waals surface area contributed by atoms with Crippen LogP contribution in [0.15, 0.2) is 41.4 Å². The van der Waals surface area contributed by atoms with Gasteiger partial charge in [0, 0.05) is 23.5 Å². The van der Waals surface area contributed by atoms with Crippen LogP contribution < -0.4 is 5.32 Å². The van der Waals surface area contributed by atoms with E-state index in [1.807, 2.05) is 51.2 Å². The van der Waals surface area contributed by atoms with E-state index in [-0.39, 0.29) is 5.91 Å². The highest BCUT2D eigenvalue weighted by Crippen LogP contribution is 2.27. The van der Waals surface area contributed by atoms with Crippen molar-refractivity contribution in [3.8, 4) is 0 Å². The SMILES string of the molecule is Cc1nn(C)c(C)c1NC(=O)CSc1ccnc2ccccc12. The Hall–Kier alpha value is -2.34. The molecule has 0 unspecified atom stereocenters. The summed E-state index contributed by atoms with van der Waals surface area (Å²) < 4.78 is 1.77. The van der Waals surface area contributed by atoms with E-state index in [2.05, 4.69) is 15.4 Å². The number of nitrogens with one attached hydrogen (secondary N) is 1. The van der Waals surface area contributed by atoms with Gasteiger partial charge in [-0.3, -0.25) is 14.5 Å². The first-order valence-electron chi connectivity index (χ1n) is 7.33. The third-order valence-electron chi connectivity index (χ3n) is 3.74. The molecule has 3 aromatic rings. The van der Waals surface area contributed by atoms with Gasteiger partial charge in [0.25, 0.3) is 0 Å². The number of aromatic nitrogens is 3. The van der Waals surface area contributed by atoms with Crippen LogP contribution in [0.4, 0.5) is 5.69 Å². The number of thioether (sulfide) groups is 1. The fraction of sp³-hybridized carbons (Fsp3) is 0.235. The molecule has 0 aliphatic rings. The molecule has 2 aromatic heterocycles. The Bertz CT molecular complexity index is 867. The van der Waals surface area contributed by atoms with Crippen LogP contribution in [-0.2, 0) is 11.8 Å². The number of hydrogen-bond acceptors (Lipinski definition) is 4. The smallest absolute Gasteiger partial charge is 0.234 e. The Morgan fingerprint density at radius 1 is 1.26 bits per heavy atom. The lowest BCUT2D eigenvalue weighted by Gasteiger charge is -2.07. The Labute approximate surface area is 139 Å². The molecule has 0 atom stereocenters. The van der Waals surface area contributed by atoms with Crippen molar-refractivity contribution in [1.29, 1.82) is 0 Å². The molecule has 0 aliphatic heterocycles. The zero-order valence-corrected chi connectivity index (χ0v) is 14.1. The van der Waals surface area contributed by atoms with Gasteiger partial charge < -0.3 is 5.32 Å². The Morgan fingerprint density at radius 2 is 2.04 bits per heavy atom. The number of anilines is 1. The van der Waals surface area contributed by atoms with E-state index < -0.39 is 0 Å². The summed E-state index contributed by atoms with van der Waals surface area (Å²) in [5, 5.41) is 8.34. The first kappa shape index (κ1) is 15.6. The van der Waals surface area contributed by atoms with Crippen LogP contribution >= 0.6 is 11.8 Å². The molecule has 0 saturated heterocycles. The molecule has 0 fully saturated rings. The number of para-hydroxylation sites is 1. The fourth-order valence-electron chi connectivity index (χ4n) is 2.47. The van der Waals surface area contributed by atoms with Crippen molar-refractivity contribution in [3.05, 3.63) is 47.9 Å². The van der Waals surface area contributed by atoms with E-state index in [1.54, 1.807) is 10.9 Å². The first-order valence-corrected chi connectivity index (χ1v) is 8.31. The Kier molecular flexibility index (Phi) is 4.34. The normalized spacial score (nSPS) is 10.9. The highest BCUT2D eigenvalue weighted by atomic mass is 32.2. The van der Waals surface area contributed by atoms with Gasteiger partial charge in [0.15, 0.2) is 0 Å². The molecule has 6 heteroatoms. The van der Waals surface area contributed by atoms with E-state index in [1.165, 1.54) is 11.8 Å². The average molecular weight is 326 g/mol. The number of aryl methyl sites for hydroxylation is 2. The lowest BCUT2D eigenvalue weighted by molar-refractivity contribution is -0.113. The molecule has 0 saturated carbocycles. The molecule has 1 amide bonds. The molecule has 5 nitrogen and oxygen atoms in total. The predicted octanol–water partition coefficient (Wildman–Crippen LogP) is 3.32. The number of pyridine rings is 1. The number of rotatable bonds is 4. The van der Waals surface area contributed by atoms with Crippen molar-refractivity contribution < 1.29 is 4.79 Å². The van der Waals surface area contributed by atoms with Crippen molar-refractivity contribution in [1.82, 2.24) is 14.8 Å². The van der Waals surface area contributed by atoms with Crippen LogP contribution in [0, 0.1) is 13.8 Å². The highest BCUT2D eigenvalue weighted by Gasteiger charge is 2.13. The van der Waals surface area contributed by atoms with Crippen LogP contribution in [-0.4, -0.2) is 26.4 Å². The van der Waals surface area contributed by atoms with E-state index >= 15 is 0 Å². The predicted molar refractivity (Wildman–Crippen MR) is 93.8 cm³/mol. The van der Waals surface area contributed by atoms with Gasteiger partial charge in [-0.2, -0.15) is 5.10 Å². The van der Waals surface area contributed by atoms with Gasteiger partial charge in [-0.15, -0.1) is 11.8 Å². The van der Waals surface area contributed by atoms with Gasteiger partial charge in [-0.05, 0) is 26.0 Å². The summed E-state index contributed by atoms with van der Waals surface area (Å²) in [7, 11) is 1.87. The number of hydrogen-bond donors (Lipinski definition) is 1. The quantitative estimate of drug-likeness (QED) is 0.747. The maximum absolute atomic E-state index is 12.3. The molecule has 23 heavy (non-hydrogen) atoms. The minimum Gasteiger partial charge on any atom is -0.322 e. The maximum atomic E-state index is 12.3. The van der Waals surface area contributed by atoms with Gasteiger partial charge >= 0.3 is 0 Å². The van der Waals surface area contributed by atoms with Gasteiger partial charge in [-0.1, -0.05) is 18.2 Å². The number of amides is 1. The second-order valence-corrected chi connectivity index (χ2v) is 6.35. The summed E-state index contributed by atoms with van der Waals surface area (Å²) in [5.41, 5.74) is 3.53. The van der Waals surface area contributed by atoms with Crippen LogP contribution in [0.3, 0.4) is 0 Å². The standard InChI is InChI=1S/C17H18N4OS/c1-11-17(12(2)21(3)20-11)19-16(22)10-23-15-8-9-18-14-7-5-4-6-13(14)15/h4-9H,10H2,1-3H3,(H,19,22). The summed E-state index contributed by atoms with van der Waals surface area (Å²) in [5.74, 6) is 0.317. The number of nitrogens with zero attached hydrogens (tertiary/aromatic N) is 3. The van der Waals surface area contributed by atoms with Crippen LogP contribution in [0.5, 0.6) is 0 Å². The van der Waals surface area contributed by atoms with E-state index in [0.717, 1.165) is 32.9 Å². The van der Waals surface area contributed by atoms with Crippen molar-refractivity contribution in [3.63, 3.8) is 0 Å².